The lowest BCUT2D eigenvalue weighted by Gasteiger charge is -2.06. The normalized spacial score (nSPS) is 18.7. The molecule has 1 aliphatic carbocycles. The second-order valence-corrected chi connectivity index (χ2v) is 4.16. The van der Waals surface area contributed by atoms with Crippen LogP contribution in [0.1, 0.15) is 19.8 Å². The second-order valence-electron chi connectivity index (χ2n) is 4.16. The van der Waals surface area contributed by atoms with Crippen molar-refractivity contribution < 1.29 is 10.0 Å². The fourth-order valence-corrected chi connectivity index (χ4v) is 1.36. The first-order valence-corrected chi connectivity index (χ1v) is 4.48. The summed E-state index contributed by atoms with van der Waals surface area (Å²) in [6.07, 6.45) is 5.67. The summed E-state index contributed by atoms with van der Waals surface area (Å²) in [7, 11) is -1.40. The van der Waals surface area contributed by atoms with E-state index in [4.69, 9.17) is 10.0 Å². The molecule has 13 heavy (non-hydrogen) atoms. The predicted molar refractivity (Wildman–Crippen MR) is 49.4 cm³/mol. The summed E-state index contributed by atoms with van der Waals surface area (Å²) < 4.78 is 1.78. The van der Waals surface area contributed by atoms with E-state index in [9.17, 15) is 0 Å². The molecule has 4 nitrogen and oxygen atoms in total. The smallest absolute Gasteiger partial charge is 0.423 e. The van der Waals surface area contributed by atoms with Crippen LogP contribution in [0.2, 0.25) is 0 Å². The van der Waals surface area contributed by atoms with Gasteiger partial charge in [0.1, 0.15) is 0 Å². The average Bonchev–Trinajstić information content (AvgIpc) is 2.62. The van der Waals surface area contributed by atoms with Crippen LogP contribution in [0.5, 0.6) is 0 Å². The van der Waals surface area contributed by atoms with Gasteiger partial charge in [-0.15, -0.1) is 0 Å². The predicted octanol–water partition coefficient (Wildman–Crippen LogP) is -0.637. The molecule has 1 aliphatic rings. The maximum Gasteiger partial charge on any atom is 0.491 e. The van der Waals surface area contributed by atoms with Crippen molar-refractivity contribution in [1.29, 1.82) is 0 Å². The molecule has 1 saturated carbocycles. The summed E-state index contributed by atoms with van der Waals surface area (Å²) in [5, 5.41) is 21.8. The molecule has 1 aromatic heterocycles. The van der Waals surface area contributed by atoms with Crippen LogP contribution >= 0.6 is 0 Å². The molecular weight excluding hydrogens is 167 g/mol. The number of hydrogen-bond acceptors (Lipinski definition) is 3. The average molecular weight is 180 g/mol. The third-order valence-electron chi connectivity index (χ3n) is 2.60. The van der Waals surface area contributed by atoms with Gasteiger partial charge in [0, 0.05) is 24.4 Å². The minimum absolute atomic E-state index is 0.393. The fraction of sp³-hybridized carbons (Fsp3) is 0.625. The maximum atomic E-state index is 8.85. The minimum atomic E-state index is -1.40. The standard InChI is InChI=1S/C8H13BN2O2/c1-8(2-3-8)6-11-5-7(4-10-11)9(12)13/h4-5,12-13H,2-3,6H2,1H3. The van der Waals surface area contributed by atoms with Crippen molar-refractivity contribution in [3.05, 3.63) is 12.4 Å². The number of aromatic nitrogens is 2. The van der Waals surface area contributed by atoms with Gasteiger partial charge in [-0.3, -0.25) is 4.68 Å². The molecule has 1 heterocycles. The zero-order valence-corrected chi connectivity index (χ0v) is 7.64. The Morgan fingerprint density at radius 2 is 2.31 bits per heavy atom. The van der Waals surface area contributed by atoms with Crippen LogP contribution in [-0.4, -0.2) is 26.9 Å². The summed E-state index contributed by atoms with van der Waals surface area (Å²) in [5.74, 6) is 0. The monoisotopic (exact) mass is 180 g/mol. The van der Waals surface area contributed by atoms with Crippen molar-refractivity contribution in [2.24, 2.45) is 5.41 Å². The van der Waals surface area contributed by atoms with Crippen molar-refractivity contribution in [3.63, 3.8) is 0 Å². The highest BCUT2D eigenvalue weighted by atomic mass is 16.4. The van der Waals surface area contributed by atoms with Crippen LogP contribution in [0.25, 0.3) is 0 Å². The van der Waals surface area contributed by atoms with Crippen molar-refractivity contribution >= 4 is 12.6 Å². The Kier molecular flexibility index (Phi) is 1.93. The SMILES string of the molecule is CC1(Cn2cc(B(O)O)cn2)CC1. The van der Waals surface area contributed by atoms with Crippen LogP contribution in [0.4, 0.5) is 0 Å². The van der Waals surface area contributed by atoms with Gasteiger partial charge in [0.05, 0.1) is 0 Å². The third kappa shape index (κ3) is 1.92. The van der Waals surface area contributed by atoms with E-state index in [1.807, 2.05) is 0 Å². The topological polar surface area (TPSA) is 58.3 Å². The Hall–Kier alpha value is -0.805. The molecule has 5 heteroatoms. The lowest BCUT2D eigenvalue weighted by molar-refractivity contribution is 0.423. The van der Waals surface area contributed by atoms with Gasteiger partial charge in [-0.2, -0.15) is 5.10 Å². The first-order valence-electron chi connectivity index (χ1n) is 4.48. The van der Waals surface area contributed by atoms with E-state index in [1.54, 1.807) is 10.9 Å². The van der Waals surface area contributed by atoms with Gasteiger partial charge in [-0.05, 0) is 18.3 Å². The molecule has 0 atom stereocenters. The van der Waals surface area contributed by atoms with Gasteiger partial charge in [-0.1, -0.05) is 6.92 Å². The molecule has 0 aromatic carbocycles. The molecule has 2 rings (SSSR count). The molecule has 1 fully saturated rings. The lowest BCUT2D eigenvalue weighted by Crippen LogP contribution is -2.28. The van der Waals surface area contributed by atoms with E-state index in [0.29, 0.717) is 10.9 Å². The Morgan fingerprint density at radius 3 is 2.77 bits per heavy atom. The largest absolute Gasteiger partial charge is 0.491 e. The zero-order chi connectivity index (χ0) is 9.47. The van der Waals surface area contributed by atoms with Crippen LogP contribution in [0.3, 0.4) is 0 Å². The molecule has 0 spiro atoms. The van der Waals surface area contributed by atoms with Crippen LogP contribution in [0, 0.1) is 5.41 Å². The Balaban J connectivity index is 2.05. The zero-order valence-electron chi connectivity index (χ0n) is 7.64. The molecule has 0 radical (unpaired) electrons. The van der Waals surface area contributed by atoms with Gasteiger partial charge in [0.15, 0.2) is 0 Å². The van der Waals surface area contributed by atoms with Crippen molar-refractivity contribution in [2.45, 2.75) is 26.3 Å². The van der Waals surface area contributed by atoms with Crippen molar-refractivity contribution in [3.8, 4) is 0 Å². The second kappa shape index (κ2) is 2.85. The number of rotatable bonds is 3. The maximum absolute atomic E-state index is 8.85. The summed E-state index contributed by atoms with van der Waals surface area (Å²) in [6.45, 7) is 3.09. The Labute approximate surface area is 77.3 Å². The number of hydrogen-bond donors (Lipinski definition) is 2. The Morgan fingerprint density at radius 1 is 1.62 bits per heavy atom. The molecule has 0 saturated heterocycles. The van der Waals surface area contributed by atoms with Crippen molar-refractivity contribution in [2.75, 3.05) is 0 Å². The molecule has 0 aliphatic heterocycles. The molecular formula is C8H13BN2O2. The molecule has 0 amide bonds. The highest BCUT2D eigenvalue weighted by Gasteiger charge is 2.37. The van der Waals surface area contributed by atoms with Gasteiger partial charge >= 0.3 is 7.12 Å². The third-order valence-corrected chi connectivity index (χ3v) is 2.60. The van der Waals surface area contributed by atoms with Gasteiger partial charge in [0.2, 0.25) is 0 Å². The first kappa shape index (κ1) is 8.78. The Bertz CT molecular complexity index is 307. The highest BCUT2D eigenvalue weighted by molar-refractivity contribution is 6.58. The molecule has 70 valence electrons. The summed E-state index contributed by atoms with van der Waals surface area (Å²) in [5.41, 5.74) is 0.855. The molecule has 0 bridgehead atoms. The molecule has 1 aromatic rings. The van der Waals surface area contributed by atoms with Gasteiger partial charge in [0.25, 0.3) is 0 Å². The minimum Gasteiger partial charge on any atom is -0.423 e. The summed E-state index contributed by atoms with van der Waals surface area (Å²) in [4.78, 5) is 0. The van der Waals surface area contributed by atoms with Crippen LogP contribution in [-0.2, 0) is 6.54 Å². The molecule has 2 N–H and O–H groups in total. The van der Waals surface area contributed by atoms with E-state index in [-0.39, 0.29) is 0 Å². The van der Waals surface area contributed by atoms with Gasteiger partial charge < -0.3 is 10.0 Å². The van der Waals surface area contributed by atoms with E-state index in [0.717, 1.165) is 6.54 Å². The van der Waals surface area contributed by atoms with Crippen molar-refractivity contribution in [1.82, 2.24) is 9.78 Å². The summed E-state index contributed by atoms with van der Waals surface area (Å²) >= 11 is 0. The number of nitrogens with zero attached hydrogens (tertiary/aromatic N) is 2. The fourth-order valence-electron chi connectivity index (χ4n) is 1.36. The molecule has 0 unspecified atom stereocenters. The van der Waals surface area contributed by atoms with Crippen LogP contribution in [0.15, 0.2) is 12.4 Å². The van der Waals surface area contributed by atoms with E-state index in [1.165, 1.54) is 19.0 Å². The van der Waals surface area contributed by atoms with E-state index >= 15 is 0 Å². The van der Waals surface area contributed by atoms with Crippen LogP contribution < -0.4 is 5.46 Å². The highest BCUT2D eigenvalue weighted by Crippen LogP contribution is 2.46. The van der Waals surface area contributed by atoms with Gasteiger partial charge in [-0.25, -0.2) is 0 Å². The first-order chi connectivity index (χ1) is 6.09. The summed E-state index contributed by atoms with van der Waals surface area (Å²) in [6, 6.07) is 0. The quantitative estimate of drug-likeness (QED) is 0.608. The lowest BCUT2D eigenvalue weighted by atomic mass is 9.83. The van der Waals surface area contributed by atoms with E-state index in [2.05, 4.69) is 12.0 Å². The van der Waals surface area contributed by atoms with E-state index < -0.39 is 7.12 Å².